The molecule has 3 rings (SSSR count). The first-order valence-electron chi connectivity index (χ1n) is 15.5. The van der Waals surface area contributed by atoms with Gasteiger partial charge in [-0.15, -0.1) is 0 Å². The first-order valence-corrected chi connectivity index (χ1v) is 15.5. The molecule has 13 nitrogen and oxygen atoms in total. The summed E-state index contributed by atoms with van der Waals surface area (Å²) in [4.78, 5) is 74.1. The summed E-state index contributed by atoms with van der Waals surface area (Å²) in [5.41, 5.74) is 6.81. The highest BCUT2D eigenvalue weighted by Gasteiger charge is 2.30. The summed E-state index contributed by atoms with van der Waals surface area (Å²) in [6, 6.07) is 8.77. The number of nitrogens with one attached hydrogen (secondary N) is 5. The number of primary amides is 1. The Hall–Kier alpha value is -4.94. The van der Waals surface area contributed by atoms with Crippen LogP contribution in [-0.2, 0) is 48.2 Å². The Labute approximate surface area is 268 Å². The Bertz CT molecular complexity index is 1370. The van der Waals surface area contributed by atoms with Crippen molar-refractivity contribution >= 4 is 35.4 Å². The van der Waals surface area contributed by atoms with E-state index < -0.39 is 29.8 Å². The van der Waals surface area contributed by atoms with Gasteiger partial charge in [-0.3, -0.25) is 28.8 Å². The van der Waals surface area contributed by atoms with Gasteiger partial charge in [-0.25, -0.2) is 0 Å². The number of nitrogens with two attached hydrogens (primary N) is 1. The molecule has 1 aromatic heterocycles. The molecule has 1 aliphatic rings. The van der Waals surface area contributed by atoms with Crippen molar-refractivity contribution in [1.29, 1.82) is 0 Å². The van der Waals surface area contributed by atoms with Crippen molar-refractivity contribution in [2.24, 2.45) is 11.7 Å². The number of benzene rings is 1. The lowest BCUT2D eigenvalue weighted by atomic mass is 9.85. The Morgan fingerprint density at radius 1 is 0.957 bits per heavy atom. The predicted molar refractivity (Wildman–Crippen MR) is 169 cm³/mol. The highest BCUT2D eigenvalue weighted by atomic mass is 16.3. The third kappa shape index (κ3) is 11.9. The molecule has 2 atom stereocenters. The van der Waals surface area contributed by atoms with Crippen molar-refractivity contribution in [1.82, 2.24) is 26.6 Å². The predicted octanol–water partition coefficient (Wildman–Crippen LogP) is 0.913. The molecule has 13 heteroatoms. The number of carbonyl (C=O) groups excluding carboxylic acids is 6. The second-order valence-electron chi connectivity index (χ2n) is 11.4. The highest BCUT2D eigenvalue weighted by molar-refractivity contribution is 5.89. The standard InChI is InChI=1S/C33H44N6O7/c1-3-29(41)35-16-6-11-27(31(34)43)38-30(42)18-23-8-4-5-9-24(23)20-36-33(45)28(19-26-10-7-17-46-26)39-32(44)22-12-14-25(15-13-22)37-21(2)40/h3-5,7-10,17,22,25,27-28H,1,6,11-16,18-20H2,2H3,(H2,34,43)(H,35,41)(H,36,45)(H,37,40)(H,38,42)(H,39,44)/t22-,25+,27-,28-/m0/s1. The third-order valence-electron chi connectivity index (χ3n) is 7.88. The summed E-state index contributed by atoms with van der Waals surface area (Å²) in [5, 5.41) is 13.9. The van der Waals surface area contributed by atoms with Crippen molar-refractivity contribution in [3.63, 3.8) is 0 Å². The number of amides is 6. The van der Waals surface area contributed by atoms with E-state index in [1.54, 1.807) is 36.4 Å². The zero-order chi connectivity index (χ0) is 33.5. The molecule has 0 spiro atoms. The number of rotatable bonds is 17. The maximum atomic E-state index is 13.4. The van der Waals surface area contributed by atoms with Gasteiger partial charge in [0.25, 0.3) is 0 Å². The van der Waals surface area contributed by atoms with Gasteiger partial charge in [0.05, 0.1) is 12.7 Å². The van der Waals surface area contributed by atoms with Gasteiger partial charge in [-0.2, -0.15) is 0 Å². The van der Waals surface area contributed by atoms with E-state index in [1.807, 2.05) is 0 Å². The van der Waals surface area contributed by atoms with E-state index in [2.05, 4.69) is 33.2 Å². The number of carbonyl (C=O) groups is 6. The molecule has 0 unspecified atom stereocenters. The van der Waals surface area contributed by atoms with Crippen molar-refractivity contribution in [2.75, 3.05) is 6.54 Å². The van der Waals surface area contributed by atoms with Crippen LogP contribution in [0.15, 0.2) is 59.7 Å². The van der Waals surface area contributed by atoms with Crippen LogP contribution < -0.4 is 32.3 Å². The van der Waals surface area contributed by atoms with Crippen molar-refractivity contribution in [2.45, 2.75) is 83.0 Å². The molecule has 6 amide bonds. The minimum Gasteiger partial charge on any atom is -0.469 e. The molecule has 1 aromatic carbocycles. The van der Waals surface area contributed by atoms with E-state index in [0.717, 1.165) is 6.08 Å². The van der Waals surface area contributed by atoms with Crippen molar-refractivity contribution in [3.05, 3.63) is 72.2 Å². The Morgan fingerprint density at radius 2 is 1.67 bits per heavy atom. The average molecular weight is 637 g/mol. The molecule has 0 radical (unpaired) electrons. The third-order valence-corrected chi connectivity index (χ3v) is 7.88. The van der Waals surface area contributed by atoms with Gasteiger partial charge in [0.15, 0.2) is 0 Å². The quantitative estimate of drug-likeness (QED) is 0.109. The lowest BCUT2D eigenvalue weighted by Crippen LogP contribution is -2.50. The summed E-state index contributed by atoms with van der Waals surface area (Å²) in [6.45, 7) is 5.24. The molecule has 2 aromatic rings. The van der Waals surface area contributed by atoms with Crippen LogP contribution in [0, 0.1) is 5.92 Å². The van der Waals surface area contributed by atoms with Crippen LogP contribution in [-0.4, -0.2) is 60.1 Å². The SMILES string of the molecule is C=CC(=O)NCCC[C@H](NC(=O)Cc1ccccc1CNC(=O)[C@H](Cc1ccco1)NC(=O)[C@H]1CC[C@@H](NC(C)=O)CC1)C(N)=O. The molecular formula is C33H44N6O7. The van der Waals surface area contributed by atoms with Crippen LogP contribution in [0.4, 0.5) is 0 Å². The molecular weight excluding hydrogens is 592 g/mol. The van der Waals surface area contributed by atoms with Gasteiger partial charge >= 0.3 is 0 Å². The van der Waals surface area contributed by atoms with Crippen LogP contribution >= 0.6 is 0 Å². The highest BCUT2D eigenvalue weighted by Crippen LogP contribution is 2.25. The summed E-state index contributed by atoms with van der Waals surface area (Å²) >= 11 is 0. The average Bonchev–Trinajstić information content (AvgIpc) is 3.54. The molecule has 0 aliphatic heterocycles. The maximum Gasteiger partial charge on any atom is 0.243 e. The zero-order valence-electron chi connectivity index (χ0n) is 26.1. The minimum atomic E-state index is -0.911. The van der Waals surface area contributed by atoms with E-state index in [-0.39, 0.29) is 55.5 Å². The van der Waals surface area contributed by atoms with Crippen LogP contribution in [0.5, 0.6) is 0 Å². The number of furan rings is 1. The van der Waals surface area contributed by atoms with Gasteiger partial charge in [0.1, 0.15) is 17.8 Å². The zero-order valence-corrected chi connectivity index (χ0v) is 26.1. The lowest BCUT2D eigenvalue weighted by molar-refractivity contribution is -0.132. The lowest BCUT2D eigenvalue weighted by Gasteiger charge is -2.29. The number of hydrogen-bond donors (Lipinski definition) is 6. The van der Waals surface area contributed by atoms with Crippen LogP contribution in [0.1, 0.15) is 62.3 Å². The van der Waals surface area contributed by atoms with Gasteiger partial charge in [-0.05, 0) is 67.9 Å². The molecule has 46 heavy (non-hydrogen) atoms. The van der Waals surface area contributed by atoms with Crippen molar-refractivity contribution in [3.8, 4) is 0 Å². The largest absolute Gasteiger partial charge is 0.469 e. The van der Waals surface area contributed by atoms with E-state index in [0.29, 0.717) is 55.5 Å². The fourth-order valence-corrected chi connectivity index (χ4v) is 5.42. The van der Waals surface area contributed by atoms with E-state index in [1.165, 1.54) is 13.2 Å². The molecule has 1 heterocycles. The molecule has 0 bridgehead atoms. The smallest absolute Gasteiger partial charge is 0.243 e. The summed E-state index contributed by atoms with van der Waals surface area (Å²) in [7, 11) is 0. The Kier molecular flexibility index (Phi) is 14.0. The van der Waals surface area contributed by atoms with Gasteiger partial charge in [0, 0.05) is 38.4 Å². The van der Waals surface area contributed by atoms with Gasteiger partial charge < -0.3 is 36.7 Å². The number of hydrogen-bond acceptors (Lipinski definition) is 7. The summed E-state index contributed by atoms with van der Waals surface area (Å²) in [5.74, 6) is -1.90. The fourth-order valence-electron chi connectivity index (χ4n) is 5.42. The maximum absolute atomic E-state index is 13.4. The topological polar surface area (TPSA) is 202 Å². The van der Waals surface area contributed by atoms with E-state index >= 15 is 0 Å². The van der Waals surface area contributed by atoms with Gasteiger partial charge in [-0.1, -0.05) is 30.8 Å². The molecule has 0 saturated heterocycles. The second kappa shape index (κ2) is 18.1. The molecule has 7 N–H and O–H groups in total. The van der Waals surface area contributed by atoms with Gasteiger partial charge in [0.2, 0.25) is 35.4 Å². The second-order valence-corrected chi connectivity index (χ2v) is 11.4. The fraction of sp³-hybridized carbons (Fsp3) is 0.455. The normalized spacial score (nSPS) is 17.1. The summed E-state index contributed by atoms with van der Waals surface area (Å²) < 4.78 is 5.44. The van der Waals surface area contributed by atoms with Crippen LogP contribution in [0.25, 0.3) is 0 Å². The van der Waals surface area contributed by atoms with E-state index in [9.17, 15) is 28.8 Å². The first-order chi connectivity index (χ1) is 22.0. The van der Waals surface area contributed by atoms with E-state index in [4.69, 9.17) is 10.2 Å². The molecule has 248 valence electrons. The van der Waals surface area contributed by atoms with Crippen molar-refractivity contribution < 1.29 is 33.2 Å². The van der Waals surface area contributed by atoms with Crippen LogP contribution in [0.3, 0.4) is 0 Å². The first kappa shape index (κ1) is 35.5. The van der Waals surface area contributed by atoms with Crippen LogP contribution in [0.2, 0.25) is 0 Å². The Balaban J connectivity index is 1.58. The molecule has 1 saturated carbocycles. The monoisotopic (exact) mass is 636 g/mol. The molecule has 1 fully saturated rings. The molecule has 1 aliphatic carbocycles. The minimum absolute atomic E-state index is 0.0456. The Morgan fingerprint density at radius 3 is 2.30 bits per heavy atom. The summed E-state index contributed by atoms with van der Waals surface area (Å²) in [6.07, 6.45) is 5.98.